The van der Waals surface area contributed by atoms with Crippen molar-refractivity contribution in [1.29, 1.82) is 0 Å². The van der Waals surface area contributed by atoms with Crippen molar-refractivity contribution in [2.24, 2.45) is 0 Å². The normalized spacial score (nSPS) is 11.9. The number of para-hydroxylation sites is 1. The van der Waals surface area contributed by atoms with Gasteiger partial charge < -0.3 is 14.6 Å². The molecular formula is C26H28N4O2. The van der Waals surface area contributed by atoms with Gasteiger partial charge in [-0.05, 0) is 36.8 Å². The first-order valence-electron chi connectivity index (χ1n) is 11.0. The van der Waals surface area contributed by atoms with E-state index in [2.05, 4.69) is 15.2 Å². The Bertz CT molecular complexity index is 1160. The summed E-state index contributed by atoms with van der Waals surface area (Å²) in [5.41, 5.74) is 1.99. The molecule has 0 spiro atoms. The number of amides is 1. The van der Waals surface area contributed by atoms with E-state index in [-0.39, 0.29) is 11.9 Å². The predicted molar refractivity (Wildman–Crippen MR) is 126 cm³/mol. The number of aryl methyl sites for hydroxylation is 1. The van der Waals surface area contributed by atoms with Gasteiger partial charge in [0.05, 0.1) is 24.4 Å². The number of hydrogen-bond acceptors (Lipinski definition) is 5. The molecule has 0 aliphatic rings. The number of aromatic nitrogens is 2. The zero-order chi connectivity index (χ0) is 22.3. The van der Waals surface area contributed by atoms with Gasteiger partial charge in [0.2, 0.25) is 5.91 Å². The molecule has 4 rings (SSSR count). The Kier molecular flexibility index (Phi) is 6.80. The third-order valence-corrected chi connectivity index (χ3v) is 5.46. The molecule has 2 aromatic carbocycles. The number of hydrogen-bond donors (Lipinski definition) is 1. The smallest absolute Gasteiger partial charge is 0.222 e. The van der Waals surface area contributed by atoms with Crippen molar-refractivity contribution in [1.82, 2.24) is 15.3 Å². The minimum absolute atomic E-state index is 0.000116. The van der Waals surface area contributed by atoms with Crippen molar-refractivity contribution in [3.05, 3.63) is 90.1 Å². The highest BCUT2D eigenvalue weighted by Gasteiger charge is 2.18. The second-order valence-electron chi connectivity index (χ2n) is 7.78. The van der Waals surface area contributed by atoms with E-state index >= 15 is 0 Å². The summed E-state index contributed by atoms with van der Waals surface area (Å²) < 4.78 is 5.60. The Morgan fingerprint density at radius 3 is 2.56 bits per heavy atom. The van der Waals surface area contributed by atoms with E-state index in [4.69, 9.17) is 9.40 Å². The number of carbonyl (C=O) groups is 1. The van der Waals surface area contributed by atoms with E-state index in [9.17, 15) is 4.79 Å². The fourth-order valence-electron chi connectivity index (χ4n) is 3.73. The highest BCUT2D eigenvalue weighted by molar-refractivity contribution is 5.89. The van der Waals surface area contributed by atoms with Crippen LogP contribution in [0.1, 0.15) is 43.5 Å². The van der Waals surface area contributed by atoms with E-state index in [1.54, 1.807) is 6.26 Å². The first kappa shape index (κ1) is 21.6. The summed E-state index contributed by atoms with van der Waals surface area (Å²) in [6.07, 6.45) is 2.75. The maximum Gasteiger partial charge on any atom is 0.222 e. The molecule has 1 amide bonds. The fraction of sp³-hybridized carbons (Fsp3) is 0.269. The van der Waals surface area contributed by atoms with Crippen molar-refractivity contribution in [2.45, 2.75) is 39.3 Å². The number of nitrogens with zero attached hydrogens (tertiary/aromatic N) is 3. The number of furan rings is 1. The van der Waals surface area contributed by atoms with Crippen molar-refractivity contribution >= 4 is 22.6 Å². The minimum atomic E-state index is -0.0474. The van der Waals surface area contributed by atoms with Gasteiger partial charge in [-0.15, -0.1) is 0 Å². The SMILES string of the molecule is CCc1nc(N(CCC(=O)NC(C)c2ccccc2)Cc2ccco2)c2ccccc2n1. The number of anilines is 1. The lowest BCUT2D eigenvalue weighted by Crippen LogP contribution is -2.32. The molecule has 32 heavy (non-hydrogen) atoms. The summed E-state index contributed by atoms with van der Waals surface area (Å²) in [7, 11) is 0. The maximum atomic E-state index is 12.8. The summed E-state index contributed by atoms with van der Waals surface area (Å²) in [5, 5.41) is 4.07. The second-order valence-corrected chi connectivity index (χ2v) is 7.78. The quantitative estimate of drug-likeness (QED) is 0.403. The average Bonchev–Trinajstić information content (AvgIpc) is 3.34. The number of fused-ring (bicyclic) bond motifs is 1. The molecule has 0 saturated carbocycles. The Morgan fingerprint density at radius 2 is 1.81 bits per heavy atom. The fourth-order valence-corrected chi connectivity index (χ4v) is 3.73. The van der Waals surface area contributed by atoms with Crippen molar-refractivity contribution in [3.63, 3.8) is 0 Å². The van der Waals surface area contributed by atoms with Gasteiger partial charge in [0.15, 0.2) is 0 Å². The summed E-state index contributed by atoms with van der Waals surface area (Å²) in [4.78, 5) is 24.4. The third kappa shape index (κ3) is 5.14. The minimum Gasteiger partial charge on any atom is -0.467 e. The molecule has 4 aromatic rings. The first-order chi connectivity index (χ1) is 15.6. The highest BCUT2D eigenvalue weighted by Crippen LogP contribution is 2.26. The molecule has 0 radical (unpaired) electrons. The lowest BCUT2D eigenvalue weighted by atomic mass is 10.1. The van der Waals surface area contributed by atoms with Crippen LogP contribution in [0, 0.1) is 0 Å². The zero-order valence-corrected chi connectivity index (χ0v) is 18.5. The van der Waals surface area contributed by atoms with E-state index in [1.165, 1.54) is 0 Å². The van der Waals surface area contributed by atoms with Crippen LogP contribution in [0.15, 0.2) is 77.4 Å². The lowest BCUT2D eigenvalue weighted by Gasteiger charge is -2.25. The van der Waals surface area contributed by atoms with Gasteiger partial charge in [-0.3, -0.25) is 4.79 Å². The Labute approximate surface area is 188 Å². The third-order valence-electron chi connectivity index (χ3n) is 5.46. The lowest BCUT2D eigenvalue weighted by molar-refractivity contribution is -0.121. The Hall–Kier alpha value is -3.67. The van der Waals surface area contributed by atoms with Gasteiger partial charge in [0.1, 0.15) is 17.4 Å². The van der Waals surface area contributed by atoms with Crippen LogP contribution >= 0.6 is 0 Å². The van der Waals surface area contributed by atoms with Gasteiger partial charge in [-0.2, -0.15) is 0 Å². The van der Waals surface area contributed by atoms with Gasteiger partial charge in [0, 0.05) is 24.8 Å². The van der Waals surface area contributed by atoms with Crippen molar-refractivity contribution in [2.75, 3.05) is 11.4 Å². The molecule has 0 aliphatic heterocycles. The largest absolute Gasteiger partial charge is 0.467 e. The topological polar surface area (TPSA) is 71.3 Å². The van der Waals surface area contributed by atoms with Gasteiger partial charge in [0.25, 0.3) is 0 Å². The van der Waals surface area contributed by atoms with E-state index < -0.39 is 0 Å². The summed E-state index contributed by atoms with van der Waals surface area (Å²) in [5.74, 6) is 2.43. The Morgan fingerprint density at radius 1 is 1.03 bits per heavy atom. The number of rotatable bonds is 9. The van der Waals surface area contributed by atoms with Gasteiger partial charge in [-0.1, -0.05) is 49.4 Å². The van der Waals surface area contributed by atoms with Crippen LogP contribution in [0.4, 0.5) is 5.82 Å². The molecular weight excluding hydrogens is 400 g/mol. The van der Waals surface area contributed by atoms with Crippen LogP contribution in [0.2, 0.25) is 0 Å². The van der Waals surface area contributed by atoms with E-state index in [0.717, 1.165) is 40.3 Å². The number of nitrogens with one attached hydrogen (secondary N) is 1. The molecule has 1 atom stereocenters. The average molecular weight is 429 g/mol. The van der Waals surface area contributed by atoms with Crippen molar-refractivity contribution in [3.8, 4) is 0 Å². The molecule has 0 saturated heterocycles. The molecule has 2 heterocycles. The molecule has 0 aliphatic carbocycles. The molecule has 164 valence electrons. The summed E-state index contributed by atoms with van der Waals surface area (Å²) in [6.45, 7) is 5.08. The molecule has 0 fully saturated rings. The first-order valence-corrected chi connectivity index (χ1v) is 11.0. The van der Waals surface area contributed by atoms with Crippen LogP contribution in [0.3, 0.4) is 0 Å². The number of benzene rings is 2. The number of carbonyl (C=O) groups excluding carboxylic acids is 1. The van der Waals surface area contributed by atoms with Crippen LogP contribution in [0.25, 0.3) is 10.9 Å². The van der Waals surface area contributed by atoms with Crippen LogP contribution < -0.4 is 10.2 Å². The Balaban J connectivity index is 1.55. The zero-order valence-electron chi connectivity index (χ0n) is 18.5. The molecule has 6 heteroatoms. The standard InChI is InChI=1S/C26H28N4O2/c1-3-24-28-23-14-8-7-13-22(23)26(29-24)30(18-21-12-9-17-32-21)16-15-25(31)27-19(2)20-10-5-4-6-11-20/h4-14,17,19H,3,15-16,18H2,1-2H3,(H,27,31). The summed E-state index contributed by atoms with van der Waals surface area (Å²) >= 11 is 0. The maximum absolute atomic E-state index is 12.8. The van der Waals surface area contributed by atoms with Gasteiger partial charge in [-0.25, -0.2) is 9.97 Å². The second kappa shape index (κ2) is 10.1. The predicted octanol–water partition coefficient (Wildman–Crippen LogP) is 5.06. The highest BCUT2D eigenvalue weighted by atomic mass is 16.3. The molecule has 1 unspecified atom stereocenters. The van der Waals surface area contributed by atoms with Crippen LogP contribution in [0.5, 0.6) is 0 Å². The van der Waals surface area contributed by atoms with Crippen LogP contribution in [-0.4, -0.2) is 22.4 Å². The van der Waals surface area contributed by atoms with E-state index in [1.807, 2.05) is 80.6 Å². The van der Waals surface area contributed by atoms with Crippen molar-refractivity contribution < 1.29 is 9.21 Å². The van der Waals surface area contributed by atoms with Gasteiger partial charge >= 0.3 is 0 Å². The molecule has 1 N–H and O–H groups in total. The van der Waals surface area contributed by atoms with E-state index in [0.29, 0.717) is 19.5 Å². The molecule has 0 bridgehead atoms. The van der Waals surface area contributed by atoms with Crippen LogP contribution in [-0.2, 0) is 17.8 Å². The monoisotopic (exact) mass is 428 g/mol. The summed E-state index contributed by atoms with van der Waals surface area (Å²) in [6, 6.07) is 21.7. The molecule has 6 nitrogen and oxygen atoms in total. The molecule has 2 aromatic heterocycles.